The van der Waals surface area contributed by atoms with Gasteiger partial charge in [-0.25, -0.2) is 4.79 Å². The highest BCUT2D eigenvalue weighted by atomic mass is 16.5. The van der Waals surface area contributed by atoms with E-state index < -0.39 is 0 Å². The molecule has 0 radical (unpaired) electrons. The largest absolute Gasteiger partial charge is 0.465 e. The van der Waals surface area contributed by atoms with Crippen LogP contribution in [0.1, 0.15) is 41.6 Å². The molecule has 0 heterocycles. The minimum absolute atomic E-state index is 0.0306. The minimum Gasteiger partial charge on any atom is -0.465 e. The van der Waals surface area contributed by atoms with Crippen LogP contribution in [0.25, 0.3) is 0 Å². The molecule has 2 rings (SSSR count). The summed E-state index contributed by atoms with van der Waals surface area (Å²) in [5.41, 5.74) is 7.36. The monoisotopic (exact) mass is 290 g/mol. The Morgan fingerprint density at radius 1 is 1.29 bits per heavy atom. The number of ether oxygens (including phenoxy) is 1. The smallest absolute Gasteiger partial charge is 0.337 e. The van der Waals surface area contributed by atoms with Crippen molar-refractivity contribution in [3.8, 4) is 0 Å². The van der Waals surface area contributed by atoms with Gasteiger partial charge in [-0.2, -0.15) is 0 Å². The Kier molecular flexibility index (Phi) is 5.33. The predicted octanol–water partition coefficient (Wildman–Crippen LogP) is 1.61. The molecule has 5 nitrogen and oxygen atoms in total. The van der Waals surface area contributed by atoms with Gasteiger partial charge in [-0.05, 0) is 37.0 Å². The van der Waals surface area contributed by atoms with Crippen molar-refractivity contribution >= 4 is 11.9 Å². The quantitative estimate of drug-likeness (QED) is 0.825. The van der Waals surface area contributed by atoms with E-state index in [0.717, 1.165) is 31.2 Å². The minimum atomic E-state index is -0.359. The third-order valence-electron chi connectivity index (χ3n) is 3.93. The summed E-state index contributed by atoms with van der Waals surface area (Å²) < 4.78 is 4.64. The maximum Gasteiger partial charge on any atom is 0.337 e. The molecule has 1 aromatic rings. The molecular weight excluding hydrogens is 268 g/mol. The molecule has 0 saturated heterocycles. The van der Waals surface area contributed by atoms with Gasteiger partial charge in [0.05, 0.1) is 12.7 Å². The van der Waals surface area contributed by atoms with Crippen molar-refractivity contribution in [2.45, 2.75) is 38.3 Å². The zero-order valence-corrected chi connectivity index (χ0v) is 12.3. The average Bonchev–Trinajstić information content (AvgIpc) is 2.52. The van der Waals surface area contributed by atoms with Gasteiger partial charge in [-0.1, -0.05) is 18.6 Å². The number of hydrogen-bond acceptors (Lipinski definition) is 4. The van der Waals surface area contributed by atoms with E-state index in [4.69, 9.17) is 5.73 Å². The normalized spacial score (nSPS) is 21.6. The van der Waals surface area contributed by atoms with Crippen LogP contribution in [-0.4, -0.2) is 25.0 Å². The fourth-order valence-electron chi connectivity index (χ4n) is 2.68. The average molecular weight is 290 g/mol. The Bertz CT molecular complexity index is 499. The Labute approximate surface area is 124 Å². The molecule has 1 aliphatic carbocycles. The molecule has 2 unspecified atom stereocenters. The standard InChI is InChI=1S/C16H22N2O3/c1-21-16(20)12-7-5-11(6-8-12)10-18-15(19)13-3-2-4-14(17)9-13/h5-8,13-14H,2-4,9-10,17H2,1H3,(H,18,19). The molecule has 3 N–H and O–H groups in total. The van der Waals surface area contributed by atoms with Crippen LogP contribution in [0.3, 0.4) is 0 Å². The first-order valence-corrected chi connectivity index (χ1v) is 7.30. The molecule has 5 heteroatoms. The molecule has 1 saturated carbocycles. The summed E-state index contributed by atoms with van der Waals surface area (Å²) in [6.45, 7) is 0.464. The van der Waals surface area contributed by atoms with Crippen molar-refractivity contribution in [1.82, 2.24) is 5.32 Å². The van der Waals surface area contributed by atoms with E-state index in [0.29, 0.717) is 12.1 Å². The second-order valence-electron chi connectivity index (χ2n) is 5.53. The fourth-order valence-corrected chi connectivity index (χ4v) is 2.68. The molecule has 1 fully saturated rings. The van der Waals surface area contributed by atoms with E-state index in [-0.39, 0.29) is 23.8 Å². The molecule has 0 spiro atoms. The number of carbonyl (C=O) groups is 2. The Morgan fingerprint density at radius 2 is 2.00 bits per heavy atom. The third-order valence-corrected chi connectivity index (χ3v) is 3.93. The molecule has 0 aromatic heterocycles. The molecule has 2 atom stereocenters. The van der Waals surface area contributed by atoms with Crippen LogP contribution >= 0.6 is 0 Å². The molecule has 21 heavy (non-hydrogen) atoms. The highest BCUT2D eigenvalue weighted by molar-refractivity contribution is 5.89. The van der Waals surface area contributed by atoms with Gasteiger partial charge < -0.3 is 15.8 Å². The van der Waals surface area contributed by atoms with E-state index in [1.54, 1.807) is 12.1 Å². The first-order valence-electron chi connectivity index (χ1n) is 7.30. The van der Waals surface area contributed by atoms with Gasteiger partial charge in [0.1, 0.15) is 0 Å². The lowest BCUT2D eigenvalue weighted by Gasteiger charge is -2.25. The second kappa shape index (κ2) is 7.22. The number of rotatable bonds is 4. The number of carbonyl (C=O) groups excluding carboxylic acids is 2. The number of nitrogens with one attached hydrogen (secondary N) is 1. The van der Waals surface area contributed by atoms with E-state index in [1.807, 2.05) is 12.1 Å². The zero-order valence-electron chi connectivity index (χ0n) is 12.3. The molecule has 0 bridgehead atoms. The van der Waals surface area contributed by atoms with Gasteiger partial charge in [0, 0.05) is 18.5 Å². The van der Waals surface area contributed by atoms with Crippen molar-refractivity contribution in [3.63, 3.8) is 0 Å². The van der Waals surface area contributed by atoms with Crippen molar-refractivity contribution < 1.29 is 14.3 Å². The molecule has 0 aliphatic heterocycles. The fraction of sp³-hybridized carbons (Fsp3) is 0.500. The third kappa shape index (κ3) is 4.29. The van der Waals surface area contributed by atoms with Crippen LogP contribution in [0, 0.1) is 5.92 Å². The van der Waals surface area contributed by atoms with E-state index in [1.165, 1.54) is 7.11 Å². The zero-order chi connectivity index (χ0) is 15.2. The Morgan fingerprint density at radius 3 is 2.62 bits per heavy atom. The van der Waals surface area contributed by atoms with Crippen LogP contribution < -0.4 is 11.1 Å². The first-order chi connectivity index (χ1) is 10.1. The lowest BCUT2D eigenvalue weighted by molar-refractivity contribution is -0.126. The summed E-state index contributed by atoms with van der Waals surface area (Å²) >= 11 is 0. The van der Waals surface area contributed by atoms with Gasteiger partial charge in [-0.15, -0.1) is 0 Å². The summed E-state index contributed by atoms with van der Waals surface area (Å²) in [7, 11) is 1.35. The van der Waals surface area contributed by atoms with E-state index >= 15 is 0 Å². The van der Waals surface area contributed by atoms with Gasteiger partial charge >= 0.3 is 5.97 Å². The maximum atomic E-state index is 12.1. The lowest BCUT2D eigenvalue weighted by Crippen LogP contribution is -2.37. The SMILES string of the molecule is COC(=O)c1ccc(CNC(=O)C2CCCC(N)C2)cc1. The first kappa shape index (κ1) is 15.5. The highest BCUT2D eigenvalue weighted by Crippen LogP contribution is 2.23. The summed E-state index contributed by atoms with van der Waals surface area (Å²) in [4.78, 5) is 23.4. The van der Waals surface area contributed by atoms with Crippen LogP contribution in [-0.2, 0) is 16.1 Å². The van der Waals surface area contributed by atoms with Gasteiger partial charge in [0.25, 0.3) is 0 Å². The number of esters is 1. The van der Waals surface area contributed by atoms with Crippen LogP contribution in [0.15, 0.2) is 24.3 Å². The van der Waals surface area contributed by atoms with E-state index in [2.05, 4.69) is 10.1 Å². The van der Waals surface area contributed by atoms with Crippen molar-refractivity contribution in [2.75, 3.05) is 7.11 Å². The molecule has 1 amide bonds. The van der Waals surface area contributed by atoms with Gasteiger partial charge in [-0.3, -0.25) is 4.79 Å². The van der Waals surface area contributed by atoms with Crippen molar-refractivity contribution in [2.24, 2.45) is 11.7 Å². The van der Waals surface area contributed by atoms with Crippen LogP contribution in [0.5, 0.6) is 0 Å². The summed E-state index contributed by atoms with van der Waals surface area (Å²) in [5.74, 6) is -0.257. The van der Waals surface area contributed by atoms with Crippen LogP contribution in [0.4, 0.5) is 0 Å². The number of benzene rings is 1. The lowest BCUT2D eigenvalue weighted by atomic mass is 9.85. The topological polar surface area (TPSA) is 81.4 Å². The number of nitrogens with two attached hydrogens (primary N) is 1. The second-order valence-corrected chi connectivity index (χ2v) is 5.53. The van der Waals surface area contributed by atoms with Crippen molar-refractivity contribution in [1.29, 1.82) is 0 Å². The molecule has 1 aromatic carbocycles. The molecule has 1 aliphatic rings. The van der Waals surface area contributed by atoms with Gasteiger partial charge in [0.15, 0.2) is 0 Å². The Balaban J connectivity index is 1.85. The maximum absolute atomic E-state index is 12.1. The summed E-state index contributed by atoms with van der Waals surface area (Å²) in [6.07, 6.45) is 3.72. The van der Waals surface area contributed by atoms with Gasteiger partial charge in [0.2, 0.25) is 5.91 Å². The van der Waals surface area contributed by atoms with Crippen LogP contribution in [0.2, 0.25) is 0 Å². The molecule has 114 valence electrons. The Hall–Kier alpha value is -1.88. The molecular formula is C16H22N2O3. The van der Waals surface area contributed by atoms with Crippen molar-refractivity contribution in [3.05, 3.63) is 35.4 Å². The highest BCUT2D eigenvalue weighted by Gasteiger charge is 2.24. The predicted molar refractivity (Wildman–Crippen MR) is 79.6 cm³/mol. The summed E-state index contributed by atoms with van der Waals surface area (Å²) in [5, 5.41) is 2.94. The number of hydrogen-bond donors (Lipinski definition) is 2. The van der Waals surface area contributed by atoms with E-state index in [9.17, 15) is 9.59 Å². The summed E-state index contributed by atoms with van der Waals surface area (Å²) in [6, 6.07) is 7.18. The number of amides is 1. The number of methoxy groups -OCH3 is 1.